The van der Waals surface area contributed by atoms with Crippen LogP contribution >= 0.6 is 27.3 Å². The number of rotatable bonds is 10. The van der Waals surface area contributed by atoms with E-state index in [9.17, 15) is 19.5 Å². The lowest BCUT2D eigenvalue weighted by Gasteiger charge is -2.47. The van der Waals surface area contributed by atoms with Gasteiger partial charge in [0.25, 0.3) is 5.91 Å². The Labute approximate surface area is 253 Å². The van der Waals surface area contributed by atoms with Gasteiger partial charge in [-0.05, 0) is 80.9 Å². The predicted octanol–water partition coefficient (Wildman–Crippen LogP) is 5.26. The number of carboxylic acid groups (broad SMARTS) is 1. The first-order valence-electron chi connectivity index (χ1n) is 13.7. The summed E-state index contributed by atoms with van der Waals surface area (Å²) in [5.41, 5.74) is 1.25. The summed E-state index contributed by atoms with van der Waals surface area (Å²) >= 11 is 5.15. The Bertz CT molecular complexity index is 1340. The first-order chi connectivity index (χ1) is 19.6. The van der Waals surface area contributed by atoms with Gasteiger partial charge in [0.15, 0.2) is 5.60 Å². The average molecular weight is 643 g/mol. The van der Waals surface area contributed by atoms with E-state index in [0.29, 0.717) is 28.4 Å². The third-order valence-corrected chi connectivity index (χ3v) is 9.57. The molecule has 218 valence electrons. The molecule has 3 N–H and O–H groups in total. The maximum atomic E-state index is 14.1. The van der Waals surface area contributed by atoms with Crippen molar-refractivity contribution < 1.29 is 24.6 Å². The van der Waals surface area contributed by atoms with Crippen molar-refractivity contribution >= 4 is 45.1 Å². The van der Waals surface area contributed by atoms with Crippen LogP contribution in [0.3, 0.4) is 0 Å². The molecule has 0 aliphatic heterocycles. The molecule has 0 saturated heterocycles. The highest BCUT2D eigenvalue weighted by Gasteiger charge is 2.45. The van der Waals surface area contributed by atoms with E-state index in [-0.39, 0.29) is 36.8 Å². The fourth-order valence-electron chi connectivity index (χ4n) is 5.68. The molecular formula is C31H36BrN3O5S. The van der Waals surface area contributed by atoms with E-state index in [2.05, 4.69) is 51.8 Å². The molecule has 8 nitrogen and oxygen atoms in total. The Hall–Kier alpha value is -3.05. The van der Waals surface area contributed by atoms with Gasteiger partial charge >= 0.3 is 5.97 Å². The van der Waals surface area contributed by atoms with Crippen LogP contribution in [0.4, 0.5) is 0 Å². The molecule has 2 aromatic carbocycles. The van der Waals surface area contributed by atoms with Crippen LogP contribution in [0.25, 0.3) is 0 Å². The largest absolute Gasteiger partial charge is 0.481 e. The summed E-state index contributed by atoms with van der Waals surface area (Å²) in [5, 5.41) is 24.6. The van der Waals surface area contributed by atoms with Crippen molar-refractivity contribution in [3.63, 3.8) is 0 Å². The molecule has 1 saturated carbocycles. The van der Waals surface area contributed by atoms with Crippen molar-refractivity contribution in [2.45, 2.75) is 62.1 Å². The molecule has 2 amide bonds. The fourth-order valence-corrected chi connectivity index (χ4v) is 7.14. The zero-order chi connectivity index (χ0) is 29.6. The van der Waals surface area contributed by atoms with Gasteiger partial charge in [0.05, 0.1) is 11.6 Å². The number of hydrogen-bond acceptors (Lipinski definition) is 6. The highest BCUT2D eigenvalue weighted by atomic mass is 79.9. The summed E-state index contributed by atoms with van der Waals surface area (Å²) in [5.74, 6) is -2.11. The minimum absolute atomic E-state index is 0.0342. The molecule has 1 fully saturated rings. The topological polar surface area (TPSA) is 110 Å². The normalized spacial score (nSPS) is 20.3. The van der Waals surface area contributed by atoms with Crippen molar-refractivity contribution in [2.75, 3.05) is 14.1 Å². The van der Waals surface area contributed by atoms with Gasteiger partial charge in [-0.2, -0.15) is 0 Å². The number of amides is 2. The van der Waals surface area contributed by atoms with Crippen molar-refractivity contribution in [2.24, 2.45) is 0 Å². The number of carbonyl (C=O) groups excluding carboxylic acids is 2. The number of nitrogens with zero attached hydrogens (tertiary/aromatic N) is 2. The molecule has 0 bridgehead atoms. The molecule has 1 unspecified atom stereocenters. The maximum Gasteiger partial charge on any atom is 0.303 e. The Balaban J connectivity index is 1.64. The minimum atomic E-state index is -2.08. The maximum absolute atomic E-state index is 14.1. The number of carboxylic acids is 1. The molecule has 4 rings (SSSR count). The Morgan fingerprint density at radius 3 is 2.27 bits per heavy atom. The van der Waals surface area contributed by atoms with Crippen LogP contribution in [0.5, 0.6) is 0 Å². The van der Waals surface area contributed by atoms with E-state index in [0.717, 1.165) is 12.8 Å². The Morgan fingerprint density at radius 1 is 1.00 bits per heavy atom. The minimum Gasteiger partial charge on any atom is -0.481 e. The number of benzene rings is 2. The van der Waals surface area contributed by atoms with Gasteiger partial charge in [-0.1, -0.05) is 64.5 Å². The molecule has 3 aromatic rings. The van der Waals surface area contributed by atoms with Crippen LogP contribution in [0.15, 0.2) is 76.6 Å². The van der Waals surface area contributed by atoms with Crippen LogP contribution in [0.2, 0.25) is 0 Å². The first kappa shape index (κ1) is 30.9. The number of aliphatic hydroxyl groups is 1. The summed E-state index contributed by atoms with van der Waals surface area (Å²) in [4.78, 5) is 42.2. The second kappa shape index (κ2) is 13.3. The van der Waals surface area contributed by atoms with Crippen LogP contribution in [0.1, 0.15) is 60.9 Å². The van der Waals surface area contributed by atoms with E-state index >= 15 is 0 Å². The quantitative estimate of drug-likeness (QED) is 0.261. The zero-order valence-electron chi connectivity index (χ0n) is 23.3. The third-order valence-electron chi connectivity index (χ3n) is 8.02. The van der Waals surface area contributed by atoms with Gasteiger partial charge in [0, 0.05) is 22.2 Å². The van der Waals surface area contributed by atoms with Crippen LogP contribution in [0, 0.1) is 0 Å². The van der Waals surface area contributed by atoms with Crippen LogP contribution in [-0.2, 0) is 25.5 Å². The van der Waals surface area contributed by atoms with Gasteiger partial charge in [-0.3, -0.25) is 29.7 Å². The van der Waals surface area contributed by atoms with E-state index in [1.807, 2.05) is 6.07 Å². The molecule has 41 heavy (non-hydrogen) atoms. The predicted molar refractivity (Wildman–Crippen MR) is 162 cm³/mol. The summed E-state index contributed by atoms with van der Waals surface area (Å²) < 4.78 is 0.694. The van der Waals surface area contributed by atoms with Gasteiger partial charge in [0.1, 0.15) is 0 Å². The lowest BCUT2D eigenvalue weighted by Crippen LogP contribution is -2.59. The molecule has 0 radical (unpaired) electrons. The Morgan fingerprint density at radius 2 is 1.68 bits per heavy atom. The molecule has 1 aliphatic rings. The molecule has 10 heteroatoms. The number of thiophene rings is 1. The Kier molecular flexibility index (Phi) is 10.0. The van der Waals surface area contributed by atoms with Gasteiger partial charge in [0.2, 0.25) is 5.91 Å². The van der Waals surface area contributed by atoms with Crippen LogP contribution < -0.4 is 5.43 Å². The second-order valence-electron chi connectivity index (χ2n) is 10.7. The SMILES string of the molecule is CN(C)C1(c2cccs2)CCC(N(NC(=O)C(O)(c2ccccc2)c2cccc(Br)c2)C(=O)CCCC(=O)O)CC1. The average Bonchev–Trinajstić information content (AvgIpc) is 3.51. The third kappa shape index (κ3) is 6.72. The lowest BCUT2D eigenvalue weighted by atomic mass is 9.77. The van der Waals surface area contributed by atoms with Gasteiger partial charge in [-0.25, -0.2) is 0 Å². The number of aliphatic carboxylic acids is 1. The molecule has 1 aromatic heterocycles. The highest BCUT2D eigenvalue weighted by Crippen LogP contribution is 2.44. The smallest absolute Gasteiger partial charge is 0.303 e. The van der Waals surface area contributed by atoms with Crippen molar-refractivity contribution in [1.82, 2.24) is 15.3 Å². The van der Waals surface area contributed by atoms with E-state index in [4.69, 9.17) is 5.11 Å². The zero-order valence-corrected chi connectivity index (χ0v) is 25.7. The van der Waals surface area contributed by atoms with E-state index in [1.54, 1.807) is 65.9 Å². The molecule has 0 spiro atoms. The van der Waals surface area contributed by atoms with Crippen LogP contribution in [-0.4, -0.2) is 58.0 Å². The van der Waals surface area contributed by atoms with Crippen molar-refractivity contribution in [3.05, 3.63) is 92.6 Å². The number of halogens is 1. The number of hydrazine groups is 1. The summed E-state index contributed by atoms with van der Waals surface area (Å²) in [6.07, 6.45) is 2.77. The van der Waals surface area contributed by atoms with Crippen molar-refractivity contribution in [1.29, 1.82) is 0 Å². The summed E-state index contributed by atoms with van der Waals surface area (Å²) in [6, 6.07) is 19.4. The molecule has 1 atom stereocenters. The van der Waals surface area contributed by atoms with E-state index < -0.39 is 17.5 Å². The van der Waals surface area contributed by atoms with Gasteiger partial charge in [-0.15, -0.1) is 11.3 Å². The molecule has 1 aliphatic carbocycles. The lowest BCUT2D eigenvalue weighted by molar-refractivity contribution is -0.154. The first-order valence-corrected chi connectivity index (χ1v) is 15.4. The molecular weight excluding hydrogens is 606 g/mol. The number of hydrogen-bond donors (Lipinski definition) is 3. The summed E-state index contributed by atoms with van der Waals surface area (Å²) in [7, 11) is 4.13. The van der Waals surface area contributed by atoms with Crippen molar-refractivity contribution in [3.8, 4) is 0 Å². The second-order valence-corrected chi connectivity index (χ2v) is 12.5. The fraction of sp³-hybridized carbons (Fsp3) is 0.387. The summed E-state index contributed by atoms with van der Waals surface area (Å²) in [6.45, 7) is 0. The highest BCUT2D eigenvalue weighted by molar-refractivity contribution is 9.10. The monoisotopic (exact) mass is 641 g/mol. The number of nitrogens with one attached hydrogen (secondary N) is 1. The standard InChI is InChI=1S/C31H36BrN3O5S/c1-34(2)30(26-13-8-20-41-26)18-16-25(17-19-30)35(27(36)14-7-15-28(37)38)33-29(39)31(40,22-9-4-3-5-10-22)23-11-6-12-24(32)21-23/h3-6,8-13,20-21,25,40H,7,14-19H2,1-2H3,(H,33,39)(H,37,38). The van der Waals surface area contributed by atoms with E-state index in [1.165, 1.54) is 9.89 Å². The van der Waals surface area contributed by atoms with Gasteiger partial charge < -0.3 is 10.2 Å². The molecule has 1 heterocycles. The number of carbonyl (C=O) groups is 3.